The largest absolute Gasteiger partial charge is 0.383 e. The Labute approximate surface area is 113 Å². The summed E-state index contributed by atoms with van der Waals surface area (Å²) < 4.78 is 19.2. The molecule has 1 aromatic rings. The SMILES string of the molecule is COCCN(c1ccc(C#N)cc1F)C(C)C1CC1. The fourth-order valence-electron chi connectivity index (χ4n) is 2.38. The molecular formula is C15H19FN2O. The Kier molecular flexibility index (Phi) is 4.39. The lowest BCUT2D eigenvalue weighted by Crippen LogP contribution is -2.37. The summed E-state index contributed by atoms with van der Waals surface area (Å²) in [6.45, 7) is 3.36. The van der Waals surface area contributed by atoms with Crippen LogP contribution in [0.15, 0.2) is 18.2 Å². The number of nitrogens with zero attached hydrogens (tertiary/aromatic N) is 2. The van der Waals surface area contributed by atoms with Gasteiger partial charge in [-0.3, -0.25) is 0 Å². The van der Waals surface area contributed by atoms with Crippen LogP contribution in [-0.2, 0) is 4.74 Å². The monoisotopic (exact) mass is 262 g/mol. The van der Waals surface area contributed by atoms with Gasteiger partial charge in [-0.15, -0.1) is 0 Å². The second-order valence-corrected chi connectivity index (χ2v) is 5.04. The third-order valence-corrected chi connectivity index (χ3v) is 3.72. The summed E-state index contributed by atoms with van der Waals surface area (Å²) in [5.41, 5.74) is 0.919. The smallest absolute Gasteiger partial charge is 0.147 e. The Morgan fingerprint density at radius 3 is 2.79 bits per heavy atom. The fraction of sp³-hybridized carbons (Fsp3) is 0.533. The summed E-state index contributed by atoms with van der Waals surface area (Å²) in [5.74, 6) is 0.314. The minimum absolute atomic E-state index is 0.303. The highest BCUT2D eigenvalue weighted by Gasteiger charge is 2.32. The molecule has 4 heteroatoms. The van der Waals surface area contributed by atoms with Gasteiger partial charge in [0.05, 0.1) is 23.9 Å². The van der Waals surface area contributed by atoms with E-state index in [0.29, 0.717) is 36.4 Å². The standard InChI is InChI=1S/C15H19FN2O/c1-11(13-4-5-13)18(7-8-19-2)15-6-3-12(10-17)9-14(15)16/h3,6,9,11,13H,4-5,7-8H2,1-2H3. The van der Waals surface area contributed by atoms with Crippen LogP contribution in [0.3, 0.4) is 0 Å². The van der Waals surface area contributed by atoms with Gasteiger partial charge in [-0.05, 0) is 43.9 Å². The summed E-state index contributed by atoms with van der Waals surface area (Å²) in [4.78, 5) is 2.05. The quantitative estimate of drug-likeness (QED) is 0.790. The van der Waals surface area contributed by atoms with E-state index in [2.05, 4.69) is 11.8 Å². The molecule has 102 valence electrons. The number of halogens is 1. The molecule has 1 aliphatic carbocycles. The van der Waals surface area contributed by atoms with Crippen molar-refractivity contribution in [3.63, 3.8) is 0 Å². The molecule has 0 spiro atoms. The number of benzene rings is 1. The maximum absolute atomic E-state index is 14.1. The van der Waals surface area contributed by atoms with E-state index in [0.717, 1.165) is 0 Å². The van der Waals surface area contributed by atoms with Crippen molar-refractivity contribution in [3.05, 3.63) is 29.6 Å². The van der Waals surface area contributed by atoms with Crippen molar-refractivity contribution < 1.29 is 9.13 Å². The van der Waals surface area contributed by atoms with E-state index in [9.17, 15) is 4.39 Å². The van der Waals surface area contributed by atoms with Crippen molar-refractivity contribution in [1.82, 2.24) is 0 Å². The van der Waals surface area contributed by atoms with Gasteiger partial charge in [-0.25, -0.2) is 4.39 Å². The summed E-state index contributed by atoms with van der Waals surface area (Å²) in [5, 5.41) is 8.79. The molecule has 19 heavy (non-hydrogen) atoms. The first-order valence-electron chi connectivity index (χ1n) is 6.62. The average molecular weight is 262 g/mol. The molecule has 0 aliphatic heterocycles. The first-order valence-corrected chi connectivity index (χ1v) is 6.62. The molecule has 3 nitrogen and oxygen atoms in total. The minimum atomic E-state index is -0.331. The molecule has 1 atom stereocenters. The minimum Gasteiger partial charge on any atom is -0.383 e. The lowest BCUT2D eigenvalue weighted by Gasteiger charge is -2.31. The molecule has 1 saturated carbocycles. The van der Waals surface area contributed by atoms with Gasteiger partial charge >= 0.3 is 0 Å². The summed E-state index contributed by atoms with van der Waals surface area (Å²) in [6.07, 6.45) is 2.42. The summed E-state index contributed by atoms with van der Waals surface area (Å²) >= 11 is 0. The highest BCUT2D eigenvalue weighted by molar-refractivity contribution is 5.52. The van der Waals surface area contributed by atoms with Gasteiger partial charge in [0.15, 0.2) is 0 Å². The normalized spacial score (nSPS) is 15.9. The molecule has 2 rings (SSSR count). The average Bonchev–Trinajstić information content (AvgIpc) is 3.24. The van der Waals surface area contributed by atoms with E-state index < -0.39 is 0 Å². The number of hydrogen-bond donors (Lipinski definition) is 0. The molecule has 0 N–H and O–H groups in total. The van der Waals surface area contributed by atoms with Crippen LogP contribution in [0, 0.1) is 23.1 Å². The van der Waals surface area contributed by atoms with Crippen molar-refractivity contribution in [2.24, 2.45) is 5.92 Å². The van der Waals surface area contributed by atoms with Crippen LogP contribution in [-0.4, -0.2) is 26.3 Å². The zero-order chi connectivity index (χ0) is 13.8. The highest BCUT2D eigenvalue weighted by atomic mass is 19.1. The van der Waals surface area contributed by atoms with Gasteiger partial charge in [0.2, 0.25) is 0 Å². The number of nitriles is 1. The Balaban J connectivity index is 2.23. The Bertz CT molecular complexity index is 480. The van der Waals surface area contributed by atoms with Crippen LogP contribution in [0.2, 0.25) is 0 Å². The van der Waals surface area contributed by atoms with Crippen LogP contribution < -0.4 is 4.90 Å². The van der Waals surface area contributed by atoms with Crippen molar-refractivity contribution >= 4 is 5.69 Å². The lowest BCUT2D eigenvalue weighted by atomic mass is 10.1. The molecule has 0 bridgehead atoms. The molecule has 1 unspecified atom stereocenters. The maximum Gasteiger partial charge on any atom is 0.147 e. The van der Waals surface area contributed by atoms with Crippen LogP contribution in [0.1, 0.15) is 25.3 Å². The van der Waals surface area contributed by atoms with Gasteiger partial charge < -0.3 is 9.64 Å². The fourth-order valence-corrected chi connectivity index (χ4v) is 2.38. The number of anilines is 1. The van der Waals surface area contributed by atoms with Gasteiger partial charge in [-0.2, -0.15) is 5.26 Å². The second-order valence-electron chi connectivity index (χ2n) is 5.04. The van der Waals surface area contributed by atoms with Gasteiger partial charge in [0.1, 0.15) is 5.82 Å². The van der Waals surface area contributed by atoms with Crippen molar-refractivity contribution in [2.45, 2.75) is 25.8 Å². The molecule has 1 aromatic carbocycles. The molecule has 0 radical (unpaired) electrons. The van der Waals surface area contributed by atoms with E-state index in [1.165, 1.54) is 18.9 Å². The Morgan fingerprint density at radius 2 is 2.26 bits per heavy atom. The number of methoxy groups -OCH3 is 1. The lowest BCUT2D eigenvalue weighted by molar-refractivity contribution is 0.202. The first-order chi connectivity index (χ1) is 9.17. The number of rotatable bonds is 6. The predicted molar refractivity (Wildman–Crippen MR) is 72.5 cm³/mol. The zero-order valence-corrected chi connectivity index (χ0v) is 11.4. The second kappa shape index (κ2) is 6.03. The molecule has 0 aromatic heterocycles. The molecule has 0 saturated heterocycles. The van der Waals surface area contributed by atoms with Crippen molar-refractivity contribution in [3.8, 4) is 6.07 Å². The van der Waals surface area contributed by atoms with Gasteiger partial charge in [-0.1, -0.05) is 0 Å². The van der Waals surface area contributed by atoms with E-state index in [-0.39, 0.29) is 5.82 Å². The Hall–Kier alpha value is -1.60. The van der Waals surface area contributed by atoms with Gasteiger partial charge in [0.25, 0.3) is 0 Å². The Morgan fingerprint density at radius 1 is 1.53 bits per heavy atom. The maximum atomic E-state index is 14.1. The van der Waals surface area contributed by atoms with Crippen molar-refractivity contribution in [1.29, 1.82) is 5.26 Å². The predicted octanol–water partition coefficient (Wildman–Crippen LogP) is 2.95. The molecular weight excluding hydrogens is 243 g/mol. The van der Waals surface area contributed by atoms with E-state index in [4.69, 9.17) is 10.00 Å². The highest BCUT2D eigenvalue weighted by Crippen LogP contribution is 2.37. The topological polar surface area (TPSA) is 36.3 Å². The van der Waals surface area contributed by atoms with Crippen LogP contribution in [0.5, 0.6) is 0 Å². The number of ether oxygens (including phenoxy) is 1. The van der Waals surface area contributed by atoms with Crippen LogP contribution in [0.25, 0.3) is 0 Å². The molecule has 1 aliphatic rings. The third kappa shape index (κ3) is 3.24. The molecule has 1 fully saturated rings. The van der Waals surface area contributed by atoms with Gasteiger partial charge in [0, 0.05) is 19.7 Å². The first kappa shape index (κ1) is 13.8. The molecule has 0 amide bonds. The summed E-state index contributed by atoms with van der Waals surface area (Å²) in [6, 6.07) is 6.92. The van der Waals surface area contributed by atoms with E-state index in [1.807, 2.05) is 6.07 Å². The van der Waals surface area contributed by atoms with E-state index >= 15 is 0 Å². The third-order valence-electron chi connectivity index (χ3n) is 3.72. The van der Waals surface area contributed by atoms with Crippen molar-refractivity contribution in [2.75, 3.05) is 25.2 Å². The summed E-state index contributed by atoms with van der Waals surface area (Å²) in [7, 11) is 1.65. The zero-order valence-electron chi connectivity index (χ0n) is 11.4. The van der Waals surface area contributed by atoms with E-state index in [1.54, 1.807) is 19.2 Å². The van der Waals surface area contributed by atoms with Crippen LogP contribution in [0.4, 0.5) is 10.1 Å². The molecule has 0 heterocycles. The number of hydrogen-bond acceptors (Lipinski definition) is 3. The van der Waals surface area contributed by atoms with Crippen LogP contribution >= 0.6 is 0 Å².